The second-order valence-corrected chi connectivity index (χ2v) is 14.2. The van der Waals surface area contributed by atoms with E-state index in [1.54, 1.807) is 38.1 Å². The summed E-state index contributed by atoms with van der Waals surface area (Å²) in [5.74, 6) is -0.583. The summed E-state index contributed by atoms with van der Waals surface area (Å²) in [6.07, 6.45) is -4.18. The molecule has 0 aromatic heterocycles. The number of alkyl halides is 3. The number of rotatable bonds is 9. The van der Waals surface area contributed by atoms with Gasteiger partial charge >= 0.3 is 6.18 Å². The molecule has 2 fully saturated rings. The van der Waals surface area contributed by atoms with Crippen molar-refractivity contribution in [2.45, 2.75) is 44.2 Å². The standard InChI is InChI=1S/C32H35Cl2F3N4O4S/c1-3-19-46(43,44)41-17-15-40(16-18-41)30(42)31(26-14-9-23(32(35,36)37)20-27(26)45-4-2)38-28(21-5-10-24(33)11-6-21)29(39-31)22-7-12-25(34)13-8-22/h5-14,20,28-29,38-39H,3-4,15-19H2,1-2H3. The van der Waals surface area contributed by atoms with Gasteiger partial charge in [-0.2, -0.15) is 17.5 Å². The van der Waals surface area contributed by atoms with Crippen molar-refractivity contribution in [3.8, 4) is 5.75 Å². The maximum absolute atomic E-state index is 14.8. The van der Waals surface area contributed by atoms with Gasteiger partial charge in [0, 0.05) is 41.8 Å². The SMILES string of the molecule is CCCS(=O)(=O)N1CCN(C(=O)C2(c3ccc(C(F)(F)F)cc3OCC)NC(c3ccc(Cl)cc3)C(c3ccc(Cl)cc3)N2)CC1. The summed E-state index contributed by atoms with van der Waals surface area (Å²) in [5, 5.41) is 7.95. The topological polar surface area (TPSA) is 91.0 Å². The van der Waals surface area contributed by atoms with Crippen molar-refractivity contribution in [1.29, 1.82) is 0 Å². The van der Waals surface area contributed by atoms with Crippen molar-refractivity contribution in [1.82, 2.24) is 19.8 Å². The lowest BCUT2D eigenvalue weighted by atomic mass is 9.94. The van der Waals surface area contributed by atoms with Crippen LogP contribution in [0.1, 0.15) is 54.6 Å². The van der Waals surface area contributed by atoms with E-state index in [-0.39, 0.29) is 49.9 Å². The molecule has 2 N–H and O–H groups in total. The maximum Gasteiger partial charge on any atom is 0.416 e. The molecular formula is C32H35Cl2F3N4O4S. The average molecular weight is 700 g/mol. The lowest BCUT2D eigenvalue weighted by Crippen LogP contribution is -2.62. The number of nitrogens with zero attached hydrogens (tertiary/aromatic N) is 2. The van der Waals surface area contributed by atoms with Gasteiger partial charge in [0.1, 0.15) is 5.75 Å². The van der Waals surface area contributed by atoms with Gasteiger partial charge in [-0.1, -0.05) is 60.5 Å². The molecule has 0 saturated carbocycles. The van der Waals surface area contributed by atoms with Gasteiger partial charge in [-0.3, -0.25) is 15.4 Å². The Labute approximate surface area is 276 Å². The fourth-order valence-electron chi connectivity index (χ4n) is 6.04. The molecule has 1 amide bonds. The van der Waals surface area contributed by atoms with Crippen LogP contribution in [0.5, 0.6) is 5.75 Å². The van der Waals surface area contributed by atoms with Gasteiger partial charge in [0.05, 0.1) is 30.0 Å². The first-order valence-electron chi connectivity index (χ1n) is 15.0. The zero-order valence-electron chi connectivity index (χ0n) is 25.3. The molecule has 2 heterocycles. The van der Waals surface area contributed by atoms with Gasteiger partial charge in [-0.15, -0.1) is 0 Å². The Hall–Kier alpha value is -2.87. The van der Waals surface area contributed by atoms with E-state index < -0.39 is 45.4 Å². The van der Waals surface area contributed by atoms with E-state index in [1.807, 2.05) is 24.3 Å². The Kier molecular flexibility index (Phi) is 10.3. The number of amides is 1. The summed E-state index contributed by atoms with van der Waals surface area (Å²) in [7, 11) is -3.48. The monoisotopic (exact) mass is 698 g/mol. The minimum Gasteiger partial charge on any atom is -0.493 e. The highest BCUT2D eigenvalue weighted by Gasteiger charge is 2.55. The molecule has 0 aliphatic carbocycles. The van der Waals surface area contributed by atoms with Gasteiger partial charge < -0.3 is 9.64 Å². The quantitative estimate of drug-likeness (QED) is 0.280. The molecule has 2 unspecified atom stereocenters. The number of carbonyl (C=O) groups is 1. The van der Waals surface area contributed by atoms with E-state index in [1.165, 1.54) is 15.3 Å². The minimum absolute atomic E-state index is 0.00279. The van der Waals surface area contributed by atoms with E-state index >= 15 is 0 Å². The Morgan fingerprint density at radius 3 is 1.87 bits per heavy atom. The third-order valence-electron chi connectivity index (χ3n) is 8.25. The van der Waals surface area contributed by atoms with Gasteiger partial charge in [0.2, 0.25) is 10.0 Å². The molecule has 5 rings (SSSR count). The first-order valence-corrected chi connectivity index (χ1v) is 17.3. The molecule has 3 aromatic carbocycles. The van der Waals surface area contributed by atoms with E-state index in [2.05, 4.69) is 10.6 Å². The third kappa shape index (κ3) is 7.02. The van der Waals surface area contributed by atoms with Crippen LogP contribution in [-0.2, 0) is 26.7 Å². The van der Waals surface area contributed by atoms with Crippen LogP contribution < -0.4 is 15.4 Å². The molecule has 2 aliphatic rings. The van der Waals surface area contributed by atoms with Crippen LogP contribution in [0.15, 0.2) is 66.7 Å². The molecule has 2 aliphatic heterocycles. The van der Waals surface area contributed by atoms with Gasteiger partial charge in [0.15, 0.2) is 5.66 Å². The van der Waals surface area contributed by atoms with E-state index in [0.717, 1.165) is 23.3 Å². The molecule has 46 heavy (non-hydrogen) atoms. The number of ether oxygens (including phenoxy) is 1. The number of sulfonamides is 1. The zero-order valence-corrected chi connectivity index (χ0v) is 27.6. The van der Waals surface area contributed by atoms with Crippen molar-refractivity contribution in [3.63, 3.8) is 0 Å². The second-order valence-electron chi connectivity index (χ2n) is 11.2. The van der Waals surface area contributed by atoms with Crippen molar-refractivity contribution in [3.05, 3.63) is 99.0 Å². The number of nitrogens with one attached hydrogen (secondary N) is 2. The summed E-state index contributed by atoms with van der Waals surface area (Å²) >= 11 is 12.4. The van der Waals surface area contributed by atoms with E-state index in [9.17, 15) is 26.4 Å². The van der Waals surface area contributed by atoms with Crippen molar-refractivity contribution >= 4 is 39.1 Å². The summed E-state index contributed by atoms with van der Waals surface area (Å²) in [6.45, 7) is 3.86. The number of benzene rings is 3. The lowest BCUT2D eigenvalue weighted by molar-refractivity contribution is -0.141. The molecule has 3 aromatic rings. The number of halogens is 5. The van der Waals surface area contributed by atoms with Crippen LogP contribution in [0.4, 0.5) is 13.2 Å². The highest BCUT2D eigenvalue weighted by molar-refractivity contribution is 7.89. The molecule has 14 heteroatoms. The third-order valence-corrected chi connectivity index (χ3v) is 10.8. The van der Waals surface area contributed by atoms with Crippen molar-refractivity contribution < 1.29 is 31.1 Å². The van der Waals surface area contributed by atoms with Gasteiger partial charge in [0.25, 0.3) is 5.91 Å². The normalized spacial score (nSPS) is 22.6. The van der Waals surface area contributed by atoms with Crippen LogP contribution in [0.3, 0.4) is 0 Å². The largest absolute Gasteiger partial charge is 0.493 e. The Balaban J connectivity index is 1.64. The summed E-state index contributed by atoms with van der Waals surface area (Å²) in [6, 6.07) is 16.1. The average Bonchev–Trinajstić information content (AvgIpc) is 3.43. The lowest BCUT2D eigenvalue weighted by Gasteiger charge is -2.40. The Bertz CT molecular complexity index is 1600. The molecule has 0 spiro atoms. The van der Waals surface area contributed by atoms with Crippen LogP contribution in [-0.4, -0.2) is 62.1 Å². The number of piperazine rings is 1. The number of hydrogen-bond acceptors (Lipinski definition) is 6. The maximum atomic E-state index is 14.8. The minimum atomic E-state index is -4.64. The van der Waals surface area contributed by atoms with Crippen LogP contribution >= 0.6 is 23.2 Å². The van der Waals surface area contributed by atoms with Crippen molar-refractivity contribution in [2.24, 2.45) is 0 Å². The zero-order chi connectivity index (χ0) is 33.3. The highest BCUT2D eigenvalue weighted by Crippen LogP contribution is 2.46. The molecule has 2 saturated heterocycles. The number of hydrogen-bond donors (Lipinski definition) is 2. The van der Waals surface area contributed by atoms with Crippen LogP contribution in [0.25, 0.3) is 0 Å². The van der Waals surface area contributed by atoms with Gasteiger partial charge in [-0.25, -0.2) is 8.42 Å². The predicted molar refractivity (Wildman–Crippen MR) is 171 cm³/mol. The fourth-order valence-corrected chi connectivity index (χ4v) is 7.78. The van der Waals surface area contributed by atoms with Gasteiger partial charge in [-0.05, 0) is 60.9 Å². The number of carbonyl (C=O) groups excluding carboxylic acids is 1. The molecule has 2 atom stereocenters. The molecule has 0 radical (unpaired) electrons. The first kappa shape index (κ1) is 34.5. The second kappa shape index (κ2) is 13.7. The highest BCUT2D eigenvalue weighted by atomic mass is 35.5. The molecule has 248 valence electrons. The van der Waals surface area contributed by atoms with Crippen molar-refractivity contribution in [2.75, 3.05) is 38.5 Å². The fraction of sp³-hybridized carbons (Fsp3) is 0.406. The molecule has 0 bridgehead atoms. The summed E-state index contributed by atoms with van der Waals surface area (Å²) in [5.41, 5.74) is -0.977. The smallest absolute Gasteiger partial charge is 0.416 e. The summed E-state index contributed by atoms with van der Waals surface area (Å²) in [4.78, 5) is 16.4. The van der Waals surface area contributed by atoms with E-state index in [0.29, 0.717) is 16.5 Å². The first-order chi connectivity index (χ1) is 21.8. The van der Waals surface area contributed by atoms with Crippen LogP contribution in [0, 0.1) is 0 Å². The van der Waals surface area contributed by atoms with E-state index in [4.69, 9.17) is 27.9 Å². The predicted octanol–water partition coefficient (Wildman–Crippen LogP) is 6.12. The Morgan fingerprint density at radius 2 is 1.41 bits per heavy atom. The van der Waals surface area contributed by atoms with Crippen LogP contribution in [0.2, 0.25) is 10.0 Å². The summed E-state index contributed by atoms with van der Waals surface area (Å²) < 4.78 is 74.2. The molecule has 8 nitrogen and oxygen atoms in total. The Morgan fingerprint density at radius 1 is 0.891 bits per heavy atom. The molecular weight excluding hydrogens is 664 g/mol.